The van der Waals surface area contributed by atoms with Gasteiger partial charge in [0.2, 0.25) is 5.60 Å². The van der Waals surface area contributed by atoms with Crippen LogP contribution in [0.1, 0.15) is 18.4 Å². The van der Waals surface area contributed by atoms with Gasteiger partial charge in [0.05, 0.1) is 18.9 Å². The molecule has 0 unspecified atom stereocenters. The Balaban J connectivity index is 2.17. The molecule has 4 nitrogen and oxygen atoms in total. The molecule has 2 atom stereocenters. The van der Waals surface area contributed by atoms with Gasteiger partial charge < -0.3 is 9.84 Å². The first kappa shape index (κ1) is 17.7. The molecule has 23 heavy (non-hydrogen) atoms. The van der Waals surface area contributed by atoms with E-state index in [0.29, 0.717) is 24.9 Å². The molecule has 0 saturated carbocycles. The number of aliphatic hydroxyl groups is 1. The van der Waals surface area contributed by atoms with Crippen LogP contribution in [0.5, 0.6) is 0 Å². The fourth-order valence-electron chi connectivity index (χ4n) is 2.63. The zero-order valence-electron chi connectivity index (χ0n) is 13.0. The van der Waals surface area contributed by atoms with Crippen LogP contribution in [0.4, 0.5) is 13.2 Å². The minimum atomic E-state index is -4.80. The molecular weight excluding hydrogens is 309 g/mol. The van der Waals surface area contributed by atoms with E-state index in [1.54, 1.807) is 42.5 Å². The van der Waals surface area contributed by atoms with Crippen LogP contribution in [0.15, 0.2) is 35.4 Å². The Bertz CT molecular complexity index is 522. The maximum Gasteiger partial charge on any atom is 0.422 e. The van der Waals surface area contributed by atoms with Crippen molar-refractivity contribution in [2.24, 2.45) is 5.10 Å². The first-order valence-corrected chi connectivity index (χ1v) is 7.49. The molecule has 1 fully saturated rings. The van der Waals surface area contributed by atoms with Gasteiger partial charge in [-0.2, -0.15) is 18.3 Å². The summed E-state index contributed by atoms with van der Waals surface area (Å²) in [5.74, 6) is 0. The van der Waals surface area contributed by atoms with Gasteiger partial charge in [-0.05, 0) is 18.4 Å². The van der Waals surface area contributed by atoms with Crippen molar-refractivity contribution in [2.45, 2.75) is 37.1 Å². The third-order valence-electron chi connectivity index (χ3n) is 3.93. The molecule has 0 spiro atoms. The van der Waals surface area contributed by atoms with Crippen LogP contribution in [-0.2, 0) is 11.2 Å². The van der Waals surface area contributed by atoms with Gasteiger partial charge in [-0.15, -0.1) is 0 Å². The van der Waals surface area contributed by atoms with Gasteiger partial charge in [0.1, 0.15) is 0 Å². The van der Waals surface area contributed by atoms with Crippen LogP contribution in [0.2, 0.25) is 0 Å². The number of ether oxygens (including phenoxy) is 1. The summed E-state index contributed by atoms with van der Waals surface area (Å²) in [4.78, 5) is 0. The second-order valence-corrected chi connectivity index (χ2v) is 5.74. The van der Waals surface area contributed by atoms with Crippen molar-refractivity contribution in [2.75, 3.05) is 20.3 Å². The number of methoxy groups -OCH3 is 1. The van der Waals surface area contributed by atoms with E-state index < -0.39 is 18.2 Å². The van der Waals surface area contributed by atoms with Crippen molar-refractivity contribution in [1.29, 1.82) is 0 Å². The molecule has 0 aromatic heterocycles. The minimum Gasteiger partial charge on any atom is -0.382 e. The van der Waals surface area contributed by atoms with Crippen LogP contribution in [0, 0.1) is 0 Å². The van der Waals surface area contributed by atoms with Crippen LogP contribution in [0.3, 0.4) is 0 Å². The maximum atomic E-state index is 13.3. The van der Waals surface area contributed by atoms with Gasteiger partial charge in [-0.3, -0.25) is 5.01 Å². The van der Waals surface area contributed by atoms with Gasteiger partial charge in [-0.25, -0.2) is 0 Å². The van der Waals surface area contributed by atoms with Gasteiger partial charge in [0.15, 0.2) is 0 Å². The van der Waals surface area contributed by atoms with E-state index in [9.17, 15) is 18.3 Å². The highest BCUT2D eigenvalue weighted by atomic mass is 19.4. The van der Waals surface area contributed by atoms with Gasteiger partial charge in [0, 0.05) is 20.1 Å². The zero-order chi connectivity index (χ0) is 16.9. The molecule has 1 aromatic rings. The number of hydrogen-bond acceptors (Lipinski definition) is 4. The second kappa shape index (κ2) is 7.31. The molecule has 1 N–H and O–H groups in total. The van der Waals surface area contributed by atoms with Gasteiger partial charge >= 0.3 is 6.18 Å². The molecule has 0 amide bonds. The lowest BCUT2D eigenvalue weighted by atomic mass is 9.95. The first-order chi connectivity index (χ1) is 10.9. The Kier molecular flexibility index (Phi) is 5.64. The molecule has 7 heteroatoms. The van der Waals surface area contributed by atoms with E-state index >= 15 is 0 Å². The Morgan fingerprint density at radius 2 is 2.04 bits per heavy atom. The molecule has 1 aliphatic heterocycles. The first-order valence-electron chi connectivity index (χ1n) is 7.49. The zero-order valence-corrected chi connectivity index (χ0v) is 13.0. The van der Waals surface area contributed by atoms with E-state index in [2.05, 4.69) is 5.10 Å². The van der Waals surface area contributed by atoms with Gasteiger partial charge in [-0.1, -0.05) is 30.3 Å². The van der Waals surface area contributed by atoms with Crippen LogP contribution < -0.4 is 0 Å². The molecule has 128 valence electrons. The number of alkyl halides is 3. The Morgan fingerprint density at radius 1 is 1.35 bits per heavy atom. The highest BCUT2D eigenvalue weighted by Crippen LogP contribution is 2.32. The monoisotopic (exact) mass is 330 g/mol. The molecule has 1 saturated heterocycles. The Morgan fingerprint density at radius 3 is 2.65 bits per heavy atom. The van der Waals surface area contributed by atoms with Crippen molar-refractivity contribution >= 4 is 6.21 Å². The number of nitrogens with zero attached hydrogens (tertiary/aromatic N) is 2. The molecule has 1 aromatic carbocycles. The summed E-state index contributed by atoms with van der Waals surface area (Å²) in [7, 11) is 1.54. The quantitative estimate of drug-likeness (QED) is 0.816. The van der Waals surface area contributed by atoms with Crippen LogP contribution >= 0.6 is 0 Å². The number of benzene rings is 1. The predicted octanol–water partition coefficient (Wildman–Crippen LogP) is 2.62. The van der Waals surface area contributed by atoms with Crippen molar-refractivity contribution in [3.05, 3.63) is 35.9 Å². The SMILES string of the molecule is COC[C@@H]1CCCN1/N=C/[C@](O)(Cc1ccccc1)C(F)(F)F. The summed E-state index contributed by atoms with van der Waals surface area (Å²) in [6.07, 6.45) is -3.09. The molecule has 2 rings (SSSR count). The molecule has 0 aliphatic carbocycles. The van der Waals surface area contributed by atoms with Gasteiger partial charge in [0.25, 0.3) is 0 Å². The van der Waals surface area contributed by atoms with Crippen molar-refractivity contribution in [3.8, 4) is 0 Å². The highest BCUT2D eigenvalue weighted by Gasteiger charge is 2.53. The van der Waals surface area contributed by atoms with E-state index in [1.165, 1.54) is 0 Å². The predicted molar refractivity (Wildman–Crippen MR) is 81.2 cm³/mol. The lowest BCUT2D eigenvalue weighted by Gasteiger charge is -2.28. The average Bonchev–Trinajstić information content (AvgIpc) is 2.93. The van der Waals surface area contributed by atoms with E-state index in [4.69, 9.17) is 4.74 Å². The van der Waals surface area contributed by atoms with Crippen LogP contribution in [-0.4, -0.2) is 54.4 Å². The van der Waals surface area contributed by atoms with E-state index in [1.807, 2.05) is 0 Å². The summed E-state index contributed by atoms with van der Waals surface area (Å²) < 4.78 is 45.0. The standard InChI is InChI=1S/C16H21F3N2O2/c1-23-11-14-8-5-9-21(14)20-12-15(22,16(17,18)19)10-13-6-3-2-4-7-13/h2-4,6-7,12,14,22H,5,8-11H2,1H3/b20-12+/t14-,15+/m0/s1. The van der Waals surface area contributed by atoms with Crippen molar-refractivity contribution in [1.82, 2.24) is 5.01 Å². The molecule has 0 bridgehead atoms. The topological polar surface area (TPSA) is 45.1 Å². The number of hydrogen-bond donors (Lipinski definition) is 1. The number of halogens is 3. The fraction of sp³-hybridized carbons (Fsp3) is 0.562. The average molecular weight is 330 g/mol. The third-order valence-corrected chi connectivity index (χ3v) is 3.93. The second-order valence-electron chi connectivity index (χ2n) is 5.74. The smallest absolute Gasteiger partial charge is 0.382 e. The Hall–Kier alpha value is -1.60. The third kappa shape index (κ3) is 4.45. The largest absolute Gasteiger partial charge is 0.422 e. The summed E-state index contributed by atoms with van der Waals surface area (Å²) in [6.45, 7) is 0.963. The summed E-state index contributed by atoms with van der Waals surface area (Å²) in [6, 6.07) is 8.04. The Labute approximate surface area is 133 Å². The minimum absolute atomic E-state index is 0.0505. The van der Waals surface area contributed by atoms with Crippen molar-refractivity contribution < 1.29 is 23.0 Å². The summed E-state index contributed by atoms with van der Waals surface area (Å²) >= 11 is 0. The highest BCUT2D eigenvalue weighted by molar-refractivity contribution is 5.70. The summed E-state index contributed by atoms with van der Waals surface area (Å²) in [5, 5.41) is 15.6. The van der Waals surface area contributed by atoms with E-state index in [-0.39, 0.29) is 6.04 Å². The lowest BCUT2D eigenvalue weighted by Crippen LogP contribution is -2.49. The van der Waals surface area contributed by atoms with Crippen molar-refractivity contribution in [3.63, 3.8) is 0 Å². The van der Waals surface area contributed by atoms with Crippen LogP contribution in [0.25, 0.3) is 0 Å². The molecular formula is C16H21F3N2O2. The number of rotatable bonds is 6. The summed E-state index contributed by atoms with van der Waals surface area (Å²) in [5.41, 5.74) is -2.59. The normalized spacial score (nSPS) is 21.8. The number of hydrazone groups is 1. The molecule has 1 heterocycles. The molecule has 1 aliphatic rings. The maximum absolute atomic E-state index is 13.3. The lowest BCUT2D eigenvalue weighted by molar-refractivity contribution is -0.228. The molecule has 0 radical (unpaired) electrons. The van der Waals surface area contributed by atoms with E-state index in [0.717, 1.165) is 12.8 Å². The fourth-order valence-corrected chi connectivity index (χ4v) is 2.63.